The Morgan fingerprint density at radius 3 is 2.74 bits per heavy atom. The fraction of sp³-hybridized carbons (Fsp3) is 0.188. The van der Waals surface area contributed by atoms with Gasteiger partial charge in [0.2, 0.25) is 0 Å². The van der Waals surface area contributed by atoms with Crippen molar-refractivity contribution in [1.82, 2.24) is 25.2 Å². The summed E-state index contributed by atoms with van der Waals surface area (Å²) in [5, 5.41) is 21.9. The van der Waals surface area contributed by atoms with Crippen LogP contribution in [0.3, 0.4) is 0 Å². The molecular weight excluding hydrogens is 308 g/mol. The molecule has 0 fully saturated rings. The molecule has 0 aliphatic heterocycles. The van der Waals surface area contributed by atoms with E-state index in [1.54, 1.807) is 4.68 Å². The van der Waals surface area contributed by atoms with E-state index in [1.807, 2.05) is 50.2 Å². The zero-order chi connectivity index (χ0) is 16.2. The van der Waals surface area contributed by atoms with Crippen molar-refractivity contribution >= 4 is 11.8 Å². The summed E-state index contributed by atoms with van der Waals surface area (Å²) in [4.78, 5) is 4.47. The summed E-state index contributed by atoms with van der Waals surface area (Å²) in [6.45, 7) is 3.84. The number of nitrogens with zero attached hydrogens (tertiary/aromatic N) is 6. The third-order valence-corrected chi connectivity index (χ3v) is 4.27. The molecule has 3 rings (SSSR count). The molecule has 0 aliphatic rings. The second-order valence-corrected chi connectivity index (χ2v) is 5.97. The molecule has 0 amide bonds. The number of hydrogen-bond donors (Lipinski definition) is 0. The quantitative estimate of drug-likeness (QED) is 0.687. The molecule has 0 spiro atoms. The van der Waals surface area contributed by atoms with E-state index in [0.29, 0.717) is 22.2 Å². The summed E-state index contributed by atoms with van der Waals surface area (Å²) in [6, 6.07) is 13.8. The number of pyridine rings is 1. The predicted octanol–water partition coefficient (Wildman–Crippen LogP) is 2.84. The van der Waals surface area contributed by atoms with Gasteiger partial charge in [0.15, 0.2) is 5.82 Å². The lowest BCUT2D eigenvalue weighted by molar-refractivity contribution is 0.777. The molecule has 2 aromatic heterocycles. The summed E-state index contributed by atoms with van der Waals surface area (Å²) >= 11 is 1.47. The molecule has 0 atom stereocenters. The van der Waals surface area contributed by atoms with E-state index >= 15 is 0 Å². The second kappa shape index (κ2) is 6.58. The van der Waals surface area contributed by atoms with Crippen molar-refractivity contribution in [2.45, 2.75) is 24.6 Å². The minimum atomic E-state index is 0.534. The predicted molar refractivity (Wildman–Crippen MR) is 87.1 cm³/mol. The van der Waals surface area contributed by atoms with Crippen molar-refractivity contribution in [1.29, 1.82) is 5.26 Å². The number of para-hydroxylation sites is 1. The smallest absolute Gasteiger partial charge is 0.166 e. The maximum absolute atomic E-state index is 9.33. The van der Waals surface area contributed by atoms with Gasteiger partial charge in [-0.25, -0.2) is 4.98 Å². The normalized spacial score (nSPS) is 10.5. The van der Waals surface area contributed by atoms with Gasteiger partial charge in [0.25, 0.3) is 0 Å². The zero-order valence-corrected chi connectivity index (χ0v) is 13.6. The van der Waals surface area contributed by atoms with Gasteiger partial charge in [0, 0.05) is 5.69 Å². The highest BCUT2D eigenvalue weighted by Crippen LogP contribution is 2.26. The van der Waals surface area contributed by atoms with E-state index in [4.69, 9.17) is 0 Å². The monoisotopic (exact) mass is 322 g/mol. The van der Waals surface area contributed by atoms with Gasteiger partial charge in [-0.3, -0.25) is 0 Å². The maximum atomic E-state index is 9.33. The van der Waals surface area contributed by atoms with Crippen molar-refractivity contribution in [3.8, 4) is 11.8 Å². The fourth-order valence-electron chi connectivity index (χ4n) is 2.24. The van der Waals surface area contributed by atoms with Crippen LogP contribution in [0.5, 0.6) is 0 Å². The SMILES string of the molecule is Cc1cc(C)c(C#N)c(SCc2nnnn2-c2ccccc2)n1. The Kier molecular flexibility index (Phi) is 4.35. The summed E-state index contributed by atoms with van der Waals surface area (Å²) in [5.74, 6) is 1.25. The van der Waals surface area contributed by atoms with E-state index in [0.717, 1.165) is 16.9 Å². The van der Waals surface area contributed by atoms with Crippen LogP contribution in [0.15, 0.2) is 41.4 Å². The van der Waals surface area contributed by atoms with Crippen LogP contribution in [0.25, 0.3) is 5.69 Å². The third kappa shape index (κ3) is 3.22. The molecule has 0 N–H and O–H groups in total. The first-order valence-electron chi connectivity index (χ1n) is 7.03. The van der Waals surface area contributed by atoms with Crippen LogP contribution >= 0.6 is 11.8 Å². The zero-order valence-electron chi connectivity index (χ0n) is 12.8. The van der Waals surface area contributed by atoms with E-state index in [2.05, 4.69) is 26.6 Å². The molecule has 2 heterocycles. The Morgan fingerprint density at radius 1 is 1.22 bits per heavy atom. The number of rotatable bonds is 4. The lowest BCUT2D eigenvalue weighted by Gasteiger charge is -2.07. The standard InChI is InChI=1S/C16H14N6S/c1-11-8-12(2)18-16(14(11)9-17)23-10-15-19-20-21-22(15)13-6-4-3-5-7-13/h3-8H,10H2,1-2H3. The number of aryl methyl sites for hydroxylation is 2. The van der Waals surface area contributed by atoms with Crippen LogP contribution in [0, 0.1) is 25.2 Å². The van der Waals surface area contributed by atoms with Crippen molar-refractivity contribution in [2.75, 3.05) is 0 Å². The van der Waals surface area contributed by atoms with Gasteiger partial charge in [-0.15, -0.1) is 5.10 Å². The summed E-state index contributed by atoms with van der Waals surface area (Å²) in [5.41, 5.74) is 3.35. The Bertz CT molecular complexity index is 866. The van der Waals surface area contributed by atoms with Crippen molar-refractivity contribution < 1.29 is 0 Å². The molecule has 23 heavy (non-hydrogen) atoms. The maximum Gasteiger partial charge on any atom is 0.166 e. The number of aromatic nitrogens is 5. The molecule has 0 unspecified atom stereocenters. The van der Waals surface area contributed by atoms with Gasteiger partial charge in [0.1, 0.15) is 11.1 Å². The molecule has 0 bridgehead atoms. The molecule has 0 radical (unpaired) electrons. The average Bonchev–Trinajstić information content (AvgIpc) is 3.02. The minimum Gasteiger partial charge on any atom is -0.245 e. The van der Waals surface area contributed by atoms with Crippen molar-refractivity contribution in [3.63, 3.8) is 0 Å². The lowest BCUT2D eigenvalue weighted by Crippen LogP contribution is -2.02. The van der Waals surface area contributed by atoms with E-state index in [9.17, 15) is 5.26 Å². The van der Waals surface area contributed by atoms with Crippen LogP contribution < -0.4 is 0 Å². The Labute approximate surface area is 138 Å². The highest BCUT2D eigenvalue weighted by atomic mass is 32.2. The van der Waals surface area contributed by atoms with Gasteiger partial charge < -0.3 is 0 Å². The van der Waals surface area contributed by atoms with Gasteiger partial charge in [-0.2, -0.15) is 9.94 Å². The summed E-state index contributed by atoms with van der Waals surface area (Å²) < 4.78 is 1.70. The first-order chi connectivity index (χ1) is 11.2. The second-order valence-electron chi connectivity index (χ2n) is 5.00. The van der Waals surface area contributed by atoms with Crippen LogP contribution in [0.2, 0.25) is 0 Å². The van der Waals surface area contributed by atoms with Crippen LogP contribution in [0.4, 0.5) is 0 Å². The average molecular weight is 322 g/mol. The third-order valence-electron chi connectivity index (χ3n) is 3.30. The van der Waals surface area contributed by atoms with Crippen LogP contribution in [0.1, 0.15) is 22.6 Å². The first kappa shape index (κ1) is 15.2. The van der Waals surface area contributed by atoms with E-state index < -0.39 is 0 Å². The molecule has 0 saturated heterocycles. The number of tetrazole rings is 1. The van der Waals surface area contributed by atoms with Crippen molar-refractivity contribution in [2.24, 2.45) is 0 Å². The van der Waals surface area contributed by atoms with Gasteiger partial charge in [-0.05, 0) is 48.0 Å². The van der Waals surface area contributed by atoms with Crippen LogP contribution in [-0.2, 0) is 5.75 Å². The number of thioether (sulfide) groups is 1. The first-order valence-corrected chi connectivity index (χ1v) is 8.01. The Hall–Kier alpha value is -2.72. The van der Waals surface area contributed by atoms with Gasteiger partial charge >= 0.3 is 0 Å². The summed E-state index contributed by atoms with van der Waals surface area (Å²) in [6.07, 6.45) is 0. The van der Waals surface area contributed by atoms with Gasteiger partial charge in [0.05, 0.1) is 17.0 Å². The highest BCUT2D eigenvalue weighted by Gasteiger charge is 2.13. The fourth-order valence-corrected chi connectivity index (χ4v) is 3.25. The molecule has 6 nitrogen and oxygen atoms in total. The topological polar surface area (TPSA) is 80.3 Å². The number of nitriles is 1. The largest absolute Gasteiger partial charge is 0.245 e. The van der Waals surface area contributed by atoms with E-state index in [-0.39, 0.29) is 0 Å². The highest BCUT2D eigenvalue weighted by molar-refractivity contribution is 7.98. The molecule has 0 saturated carbocycles. The molecule has 0 aliphatic carbocycles. The minimum absolute atomic E-state index is 0.534. The Morgan fingerprint density at radius 2 is 2.00 bits per heavy atom. The molecule has 114 valence electrons. The Balaban J connectivity index is 1.86. The number of hydrogen-bond acceptors (Lipinski definition) is 6. The lowest BCUT2D eigenvalue weighted by atomic mass is 10.1. The van der Waals surface area contributed by atoms with Crippen LogP contribution in [-0.4, -0.2) is 25.2 Å². The molecule has 1 aromatic carbocycles. The van der Waals surface area contributed by atoms with Gasteiger partial charge in [-0.1, -0.05) is 30.0 Å². The summed E-state index contributed by atoms with van der Waals surface area (Å²) in [7, 11) is 0. The molecule has 7 heteroatoms. The molecular formula is C16H14N6S. The van der Waals surface area contributed by atoms with E-state index in [1.165, 1.54) is 11.8 Å². The molecule has 3 aromatic rings. The number of benzene rings is 1. The van der Waals surface area contributed by atoms with Crippen molar-refractivity contribution in [3.05, 3.63) is 59.0 Å².